The van der Waals surface area contributed by atoms with Gasteiger partial charge in [-0.15, -0.1) is 0 Å². The molecule has 4 heteroatoms. The first-order valence-corrected chi connectivity index (χ1v) is 6.33. The van der Waals surface area contributed by atoms with Crippen molar-refractivity contribution in [2.24, 2.45) is 0 Å². The Balaban J connectivity index is 2.05. The maximum Gasteiger partial charge on any atom is 0.221 e. The van der Waals surface area contributed by atoms with Crippen LogP contribution in [0.15, 0.2) is 30.3 Å². The lowest BCUT2D eigenvalue weighted by Gasteiger charge is -2.04. The molecule has 0 aliphatic rings. The highest BCUT2D eigenvalue weighted by molar-refractivity contribution is 5.76. The minimum atomic E-state index is 0.0283. The zero-order chi connectivity index (χ0) is 13.8. The van der Waals surface area contributed by atoms with E-state index < -0.39 is 0 Å². The van der Waals surface area contributed by atoms with Crippen LogP contribution in [0.2, 0.25) is 0 Å². The fraction of sp³-hybridized carbons (Fsp3) is 0.400. The third-order valence-corrected chi connectivity index (χ3v) is 2.38. The third kappa shape index (κ3) is 7.98. The normalized spacial score (nSPS) is 9.53. The lowest BCUT2D eigenvalue weighted by molar-refractivity contribution is -0.121. The Labute approximate surface area is 114 Å². The molecule has 0 saturated carbocycles. The highest BCUT2D eigenvalue weighted by atomic mass is 16.5. The highest BCUT2D eigenvalue weighted by Crippen LogP contribution is 1.94. The zero-order valence-corrected chi connectivity index (χ0v) is 11.2. The van der Waals surface area contributed by atoms with Gasteiger partial charge in [-0.2, -0.15) is 0 Å². The van der Waals surface area contributed by atoms with Crippen molar-refractivity contribution < 1.29 is 9.53 Å². The average molecular weight is 260 g/mol. The van der Waals surface area contributed by atoms with Gasteiger partial charge in [-0.1, -0.05) is 30.0 Å². The summed E-state index contributed by atoms with van der Waals surface area (Å²) in [6, 6.07) is 9.82. The summed E-state index contributed by atoms with van der Waals surface area (Å²) in [6.45, 7) is 2.31. The van der Waals surface area contributed by atoms with Crippen molar-refractivity contribution in [2.75, 3.05) is 33.4 Å². The molecule has 19 heavy (non-hydrogen) atoms. The highest BCUT2D eigenvalue weighted by Gasteiger charge is 1.98. The largest absolute Gasteiger partial charge is 0.383 e. The van der Waals surface area contributed by atoms with Crippen LogP contribution in [0.5, 0.6) is 0 Å². The van der Waals surface area contributed by atoms with E-state index in [0.29, 0.717) is 32.7 Å². The third-order valence-electron chi connectivity index (χ3n) is 2.38. The van der Waals surface area contributed by atoms with Crippen LogP contribution in [0.25, 0.3) is 0 Å². The standard InChI is InChI=1S/C15H20N2O2/c1-19-13-12-17-15(18)9-11-16-10-5-8-14-6-3-2-4-7-14/h2-4,6-7,16H,9-13H2,1H3,(H,17,18). The first kappa shape index (κ1) is 15.2. The molecule has 0 aromatic heterocycles. The first-order valence-electron chi connectivity index (χ1n) is 6.33. The number of carbonyl (C=O) groups excluding carboxylic acids is 1. The molecule has 0 saturated heterocycles. The van der Waals surface area contributed by atoms with Crippen molar-refractivity contribution in [3.8, 4) is 11.8 Å². The predicted molar refractivity (Wildman–Crippen MR) is 75.7 cm³/mol. The van der Waals surface area contributed by atoms with E-state index in [1.165, 1.54) is 0 Å². The Morgan fingerprint density at radius 1 is 1.26 bits per heavy atom. The van der Waals surface area contributed by atoms with Gasteiger partial charge in [0.1, 0.15) is 0 Å². The second-order valence-electron chi connectivity index (χ2n) is 3.94. The molecule has 1 amide bonds. The summed E-state index contributed by atoms with van der Waals surface area (Å²) in [5.41, 5.74) is 1.00. The Morgan fingerprint density at radius 3 is 2.79 bits per heavy atom. The Bertz CT molecular complexity index is 421. The van der Waals surface area contributed by atoms with Crippen molar-refractivity contribution in [1.29, 1.82) is 0 Å². The van der Waals surface area contributed by atoms with Gasteiger partial charge in [0.2, 0.25) is 5.91 Å². The van der Waals surface area contributed by atoms with Crippen molar-refractivity contribution in [2.45, 2.75) is 6.42 Å². The van der Waals surface area contributed by atoms with Gasteiger partial charge in [-0.05, 0) is 12.1 Å². The van der Waals surface area contributed by atoms with E-state index in [0.717, 1.165) is 5.56 Å². The molecule has 1 aromatic carbocycles. The molecular formula is C15H20N2O2. The van der Waals surface area contributed by atoms with E-state index in [4.69, 9.17) is 4.74 Å². The molecule has 0 atom stereocenters. The number of amides is 1. The maximum atomic E-state index is 11.3. The molecule has 1 aromatic rings. The first-order chi connectivity index (χ1) is 9.33. The molecule has 4 nitrogen and oxygen atoms in total. The minimum absolute atomic E-state index is 0.0283. The molecule has 0 aliphatic carbocycles. The van der Waals surface area contributed by atoms with Crippen LogP contribution in [0.1, 0.15) is 12.0 Å². The Morgan fingerprint density at radius 2 is 2.05 bits per heavy atom. The summed E-state index contributed by atoms with van der Waals surface area (Å²) >= 11 is 0. The topological polar surface area (TPSA) is 50.4 Å². The van der Waals surface area contributed by atoms with Crippen LogP contribution >= 0.6 is 0 Å². The Kier molecular flexibility index (Phi) is 8.12. The smallest absolute Gasteiger partial charge is 0.221 e. The van der Waals surface area contributed by atoms with Gasteiger partial charge in [0.05, 0.1) is 13.2 Å². The molecule has 0 aliphatic heterocycles. The fourth-order valence-electron chi connectivity index (χ4n) is 1.40. The summed E-state index contributed by atoms with van der Waals surface area (Å²) in [7, 11) is 1.61. The minimum Gasteiger partial charge on any atom is -0.383 e. The van der Waals surface area contributed by atoms with Gasteiger partial charge >= 0.3 is 0 Å². The van der Waals surface area contributed by atoms with Crippen molar-refractivity contribution in [3.05, 3.63) is 35.9 Å². The number of ether oxygens (including phenoxy) is 1. The molecule has 2 N–H and O–H groups in total. The maximum absolute atomic E-state index is 11.3. The molecule has 0 fully saturated rings. The van der Waals surface area contributed by atoms with Gasteiger partial charge in [0.15, 0.2) is 0 Å². The predicted octanol–water partition coefficient (Wildman–Crippen LogP) is 0.780. The van der Waals surface area contributed by atoms with E-state index in [2.05, 4.69) is 22.5 Å². The molecule has 0 bridgehead atoms. The van der Waals surface area contributed by atoms with Crippen LogP contribution in [0, 0.1) is 11.8 Å². The van der Waals surface area contributed by atoms with E-state index in [1.807, 2.05) is 30.3 Å². The molecule has 0 radical (unpaired) electrons. The number of nitrogens with one attached hydrogen (secondary N) is 2. The fourth-order valence-corrected chi connectivity index (χ4v) is 1.40. The van der Waals surface area contributed by atoms with Crippen molar-refractivity contribution in [1.82, 2.24) is 10.6 Å². The summed E-state index contributed by atoms with van der Waals surface area (Å²) in [5, 5.41) is 5.87. The lowest BCUT2D eigenvalue weighted by Crippen LogP contribution is -2.30. The van der Waals surface area contributed by atoms with E-state index in [9.17, 15) is 4.79 Å². The zero-order valence-electron chi connectivity index (χ0n) is 11.2. The number of hydrogen-bond donors (Lipinski definition) is 2. The summed E-state index contributed by atoms with van der Waals surface area (Å²) in [5.74, 6) is 6.09. The molecule has 0 unspecified atom stereocenters. The summed E-state index contributed by atoms with van der Waals surface area (Å²) < 4.78 is 4.84. The van der Waals surface area contributed by atoms with Crippen LogP contribution in [0.3, 0.4) is 0 Å². The molecular weight excluding hydrogens is 240 g/mol. The van der Waals surface area contributed by atoms with Gasteiger partial charge in [0, 0.05) is 32.2 Å². The molecule has 102 valence electrons. The number of carbonyl (C=O) groups is 1. The summed E-state index contributed by atoms with van der Waals surface area (Å²) in [6.07, 6.45) is 0.455. The van der Waals surface area contributed by atoms with Gasteiger partial charge < -0.3 is 15.4 Å². The van der Waals surface area contributed by atoms with Crippen molar-refractivity contribution >= 4 is 5.91 Å². The van der Waals surface area contributed by atoms with Crippen LogP contribution in [-0.4, -0.2) is 39.3 Å². The van der Waals surface area contributed by atoms with Crippen LogP contribution in [0.4, 0.5) is 0 Å². The SMILES string of the molecule is COCCNC(=O)CCNCC#Cc1ccccc1. The number of rotatable bonds is 7. The van der Waals surface area contributed by atoms with Gasteiger partial charge in [0.25, 0.3) is 0 Å². The molecule has 1 rings (SSSR count). The van der Waals surface area contributed by atoms with E-state index in [1.54, 1.807) is 7.11 Å². The van der Waals surface area contributed by atoms with Crippen molar-refractivity contribution in [3.63, 3.8) is 0 Å². The molecule has 0 heterocycles. The number of hydrogen-bond acceptors (Lipinski definition) is 3. The quantitative estimate of drug-likeness (QED) is 0.563. The van der Waals surface area contributed by atoms with Gasteiger partial charge in [-0.3, -0.25) is 4.79 Å². The number of methoxy groups -OCH3 is 1. The van der Waals surface area contributed by atoms with E-state index in [-0.39, 0.29) is 5.91 Å². The summed E-state index contributed by atoms with van der Waals surface area (Å²) in [4.78, 5) is 11.3. The Hall–Kier alpha value is -1.83. The van der Waals surface area contributed by atoms with Crippen LogP contribution < -0.4 is 10.6 Å². The van der Waals surface area contributed by atoms with Gasteiger partial charge in [-0.25, -0.2) is 0 Å². The average Bonchev–Trinajstić information content (AvgIpc) is 2.44. The molecule has 0 spiro atoms. The lowest BCUT2D eigenvalue weighted by atomic mass is 10.2. The second kappa shape index (κ2) is 10.1. The monoisotopic (exact) mass is 260 g/mol. The van der Waals surface area contributed by atoms with Crippen LogP contribution in [-0.2, 0) is 9.53 Å². The second-order valence-corrected chi connectivity index (χ2v) is 3.94. The number of benzene rings is 1. The van der Waals surface area contributed by atoms with E-state index >= 15 is 0 Å².